The van der Waals surface area contributed by atoms with Gasteiger partial charge in [-0.15, -0.1) is 5.92 Å². The van der Waals surface area contributed by atoms with Gasteiger partial charge in [-0.25, -0.2) is 13.9 Å². The Kier molecular flexibility index (Phi) is 10.3. The van der Waals surface area contributed by atoms with Crippen molar-refractivity contribution >= 4 is 27.7 Å². The number of hydrogen-bond acceptors (Lipinski definition) is 8. The van der Waals surface area contributed by atoms with Gasteiger partial charge in [0.1, 0.15) is 18.4 Å². The molecule has 0 bridgehead atoms. The molecule has 11 heteroatoms. The lowest BCUT2D eigenvalue weighted by atomic mass is 10.0. The fraction of sp³-hybridized carbons (Fsp3) is 0.571. The molecular formula is C21H31N3O6S2. The summed E-state index contributed by atoms with van der Waals surface area (Å²) in [6.45, 7) is 9.32. The Morgan fingerprint density at radius 1 is 1.31 bits per heavy atom. The molecule has 0 aliphatic carbocycles. The first-order valence-electron chi connectivity index (χ1n) is 10.2. The van der Waals surface area contributed by atoms with Crippen LogP contribution in [0.1, 0.15) is 20.8 Å². The lowest BCUT2D eigenvalue weighted by molar-refractivity contribution is -0.131. The van der Waals surface area contributed by atoms with Crippen LogP contribution in [-0.2, 0) is 19.6 Å². The minimum absolute atomic E-state index is 0.0173. The molecule has 2 rings (SSSR count). The van der Waals surface area contributed by atoms with Crippen molar-refractivity contribution < 1.29 is 27.9 Å². The number of morpholine rings is 1. The molecule has 32 heavy (non-hydrogen) atoms. The number of nitrogens with one attached hydrogen (secondary N) is 2. The normalized spacial score (nSPS) is 16.0. The van der Waals surface area contributed by atoms with Gasteiger partial charge < -0.3 is 9.47 Å². The molecule has 3 N–H and O–H groups in total. The third-order valence-electron chi connectivity index (χ3n) is 4.95. The molecule has 1 aromatic rings. The van der Waals surface area contributed by atoms with Crippen LogP contribution in [0.2, 0.25) is 0 Å². The first kappa shape index (κ1) is 26.4. The second-order valence-corrected chi connectivity index (χ2v) is 11.1. The molecule has 1 aliphatic heterocycles. The van der Waals surface area contributed by atoms with Gasteiger partial charge in [0.05, 0.1) is 18.1 Å². The van der Waals surface area contributed by atoms with E-state index < -0.39 is 26.7 Å². The van der Waals surface area contributed by atoms with Crippen molar-refractivity contribution in [3.63, 3.8) is 0 Å². The molecule has 9 nitrogen and oxygen atoms in total. The van der Waals surface area contributed by atoms with E-state index >= 15 is 0 Å². The highest BCUT2D eigenvalue weighted by Crippen LogP contribution is 2.30. The highest BCUT2D eigenvalue weighted by atomic mass is 32.2. The summed E-state index contributed by atoms with van der Waals surface area (Å²) in [5.74, 6) is 5.82. The average Bonchev–Trinajstić information content (AvgIpc) is 2.78. The molecule has 1 unspecified atom stereocenters. The van der Waals surface area contributed by atoms with Crippen LogP contribution in [0.15, 0.2) is 29.2 Å². The van der Waals surface area contributed by atoms with Crippen molar-refractivity contribution in [3.8, 4) is 17.6 Å². The van der Waals surface area contributed by atoms with Gasteiger partial charge in [0.2, 0.25) is 10.0 Å². The van der Waals surface area contributed by atoms with Crippen molar-refractivity contribution in [2.45, 2.75) is 36.5 Å². The van der Waals surface area contributed by atoms with Crippen molar-refractivity contribution in [1.82, 2.24) is 15.1 Å². The van der Waals surface area contributed by atoms with E-state index in [0.717, 1.165) is 19.6 Å². The fourth-order valence-corrected chi connectivity index (χ4v) is 5.68. The SMILES string of the molecule is CC#CCOc1ccc(S(=O)(=O)NC(C(=O)NO)C(C)(C)SCCN2CCOCC2)cc1. The Hall–Kier alpha value is -1.81. The van der Waals surface area contributed by atoms with Gasteiger partial charge in [-0.05, 0) is 45.0 Å². The molecule has 1 aliphatic rings. The molecule has 1 amide bonds. The maximum absolute atomic E-state index is 12.9. The van der Waals surface area contributed by atoms with Gasteiger partial charge in [-0.2, -0.15) is 16.5 Å². The molecular weight excluding hydrogens is 454 g/mol. The van der Waals surface area contributed by atoms with Crippen LogP contribution in [0.5, 0.6) is 5.75 Å². The summed E-state index contributed by atoms with van der Waals surface area (Å²) in [5, 5.41) is 9.21. The second kappa shape index (κ2) is 12.4. The standard InChI is InChI=1S/C21H31N3O6S2/c1-4-5-13-30-17-6-8-18(9-7-17)32(27,28)23-19(20(25)22-26)21(2,3)31-16-12-24-10-14-29-15-11-24/h6-9,19,23,26H,10-16H2,1-3H3,(H,22,25). The maximum Gasteiger partial charge on any atom is 0.262 e. The van der Waals surface area contributed by atoms with Crippen molar-refractivity contribution in [3.05, 3.63) is 24.3 Å². The van der Waals surface area contributed by atoms with Gasteiger partial charge in [-0.1, -0.05) is 5.92 Å². The van der Waals surface area contributed by atoms with E-state index in [0.29, 0.717) is 24.7 Å². The van der Waals surface area contributed by atoms with Gasteiger partial charge in [0.15, 0.2) is 0 Å². The van der Waals surface area contributed by atoms with Crippen LogP contribution in [-0.4, -0.2) is 80.4 Å². The number of hydroxylamine groups is 1. The monoisotopic (exact) mass is 485 g/mol. The second-order valence-electron chi connectivity index (χ2n) is 7.62. The summed E-state index contributed by atoms with van der Waals surface area (Å²) in [6, 6.07) is 4.64. The molecule has 0 saturated carbocycles. The summed E-state index contributed by atoms with van der Waals surface area (Å²) in [4.78, 5) is 14.6. The lowest BCUT2D eigenvalue weighted by Gasteiger charge is -2.34. The molecule has 1 aromatic carbocycles. The zero-order valence-corrected chi connectivity index (χ0v) is 20.2. The number of nitrogens with zero attached hydrogens (tertiary/aromatic N) is 1. The van der Waals surface area contributed by atoms with E-state index in [1.807, 2.05) is 0 Å². The summed E-state index contributed by atoms with van der Waals surface area (Å²) in [7, 11) is -4.03. The van der Waals surface area contributed by atoms with Crippen molar-refractivity contribution in [2.75, 3.05) is 45.2 Å². The van der Waals surface area contributed by atoms with E-state index in [1.165, 1.54) is 36.0 Å². The third kappa shape index (κ3) is 7.95. The van der Waals surface area contributed by atoms with E-state index in [2.05, 4.69) is 21.5 Å². The van der Waals surface area contributed by atoms with Crippen LogP contribution >= 0.6 is 11.8 Å². The van der Waals surface area contributed by atoms with Crippen molar-refractivity contribution in [1.29, 1.82) is 0 Å². The number of rotatable bonds is 11. The number of sulfonamides is 1. The Balaban J connectivity index is 2.06. The summed E-state index contributed by atoms with van der Waals surface area (Å²) < 4.78 is 38.2. The van der Waals surface area contributed by atoms with E-state index in [4.69, 9.17) is 9.47 Å². The number of thioether (sulfide) groups is 1. The van der Waals surface area contributed by atoms with Crippen LogP contribution in [0.3, 0.4) is 0 Å². The molecule has 1 saturated heterocycles. The van der Waals surface area contributed by atoms with Gasteiger partial charge in [0, 0.05) is 30.1 Å². The largest absolute Gasteiger partial charge is 0.481 e. The number of hydrogen-bond donors (Lipinski definition) is 3. The number of carbonyl (C=O) groups excluding carboxylic acids is 1. The molecule has 1 atom stereocenters. The zero-order valence-electron chi connectivity index (χ0n) is 18.6. The van der Waals surface area contributed by atoms with Crippen LogP contribution < -0.4 is 14.9 Å². The zero-order chi connectivity index (χ0) is 23.6. The minimum atomic E-state index is -4.03. The van der Waals surface area contributed by atoms with E-state index in [-0.39, 0.29) is 11.5 Å². The number of ether oxygens (including phenoxy) is 2. The number of amides is 1. The minimum Gasteiger partial charge on any atom is -0.481 e. The van der Waals surface area contributed by atoms with Crippen LogP contribution in [0.4, 0.5) is 0 Å². The quantitative estimate of drug-likeness (QED) is 0.242. The maximum atomic E-state index is 12.9. The summed E-state index contributed by atoms with van der Waals surface area (Å²) in [6.07, 6.45) is 0. The smallest absolute Gasteiger partial charge is 0.262 e. The fourth-order valence-electron chi connectivity index (χ4n) is 3.05. The Morgan fingerprint density at radius 2 is 1.97 bits per heavy atom. The van der Waals surface area contributed by atoms with Crippen LogP contribution in [0.25, 0.3) is 0 Å². The molecule has 1 heterocycles. The highest BCUT2D eigenvalue weighted by molar-refractivity contribution is 8.00. The molecule has 178 valence electrons. The van der Waals surface area contributed by atoms with E-state index in [1.54, 1.807) is 26.3 Å². The van der Waals surface area contributed by atoms with Crippen molar-refractivity contribution in [2.24, 2.45) is 0 Å². The predicted molar refractivity (Wildman–Crippen MR) is 123 cm³/mol. The van der Waals surface area contributed by atoms with Gasteiger partial charge in [0.25, 0.3) is 5.91 Å². The van der Waals surface area contributed by atoms with E-state index in [9.17, 15) is 18.4 Å². The number of carbonyl (C=O) groups is 1. The van der Waals surface area contributed by atoms with Gasteiger partial charge in [-0.3, -0.25) is 14.9 Å². The Labute approximate surface area is 194 Å². The lowest BCUT2D eigenvalue weighted by Crippen LogP contribution is -2.56. The first-order chi connectivity index (χ1) is 15.2. The topological polar surface area (TPSA) is 117 Å². The summed E-state index contributed by atoms with van der Waals surface area (Å²) >= 11 is 1.46. The summed E-state index contributed by atoms with van der Waals surface area (Å²) in [5.41, 5.74) is 1.58. The molecule has 0 aromatic heterocycles. The van der Waals surface area contributed by atoms with Crippen LogP contribution in [0, 0.1) is 11.8 Å². The Bertz CT molecular complexity index is 904. The highest BCUT2D eigenvalue weighted by Gasteiger charge is 2.39. The average molecular weight is 486 g/mol. The molecule has 1 fully saturated rings. The molecule has 0 spiro atoms. The third-order valence-corrected chi connectivity index (χ3v) is 7.75. The van der Waals surface area contributed by atoms with Gasteiger partial charge >= 0.3 is 0 Å². The molecule has 0 radical (unpaired) electrons. The first-order valence-corrected chi connectivity index (χ1v) is 12.7. The number of benzene rings is 1. The predicted octanol–water partition coefficient (Wildman–Crippen LogP) is 1.09. The Morgan fingerprint density at radius 3 is 2.56 bits per heavy atom.